The van der Waals surface area contributed by atoms with Gasteiger partial charge in [0.2, 0.25) is 0 Å². The molecule has 0 aliphatic heterocycles. The van der Waals surface area contributed by atoms with Gasteiger partial charge in [0.15, 0.2) is 8.32 Å². The summed E-state index contributed by atoms with van der Waals surface area (Å²) >= 11 is 0. The van der Waals surface area contributed by atoms with E-state index in [1.165, 1.54) is 103 Å². The molecule has 24 heavy (non-hydrogen) atoms. The van der Waals surface area contributed by atoms with Crippen LogP contribution >= 0.6 is 0 Å². The van der Waals surface area contributed by atoms with E-state index in [-0.39, 0.29) is 29.6 Å². The van der Waals surface area contributed by atoms with Crippen LogP contribution in [0.5, 0.6) is 0 Å². The van der Waals surface area contributed by atoms with Gasteiger partial charge in [0.05, 0.1) is 0 Å². The Labute approximate surface area is 177 Å². The molecular formula is C21H47NaOSi. The van der Waals surface area contributed by atoms with Crippen LogP contribution in [-0.4, -0.2) is 44.5 Å². The summed E-state index contributed by atoms with van der Waals surface area (Å²) in [5, 5.41) is 0. The molecule has 142 valence electrons. The van der Waals surface area contributed by atoms with Gasteiger partial charge in [-0.15, -0.1) is 0 Å². The van der Waals surface area contributed by atoms with Crippen LogP contribution < -0.4 is 0 Å². The van der Waals surface area contributed by atoms with E-state index < -0.39 is 8.32 Å². The number of unbranched alkanes of at least 4 members (excludes halogenated alkanes) is 15. The molecule has 0 N–H and O–H groups in total. The van der Waals surface area contributed by atoms with Gasteiger partial charge in [0.25, 0.3) is 0 Å². The molecule has 0 atom stereocenters. The molecule has 0 rings (SSSR count). The first-order valence-electron chi connectivity index (χ1n) is 10.7. The van der Waals surface area contributed by atoms with Crippen molar-refractivity contribution in [1.82, 2.24) is 0 Å². The monoisotopic (exact) mass is 366 g/mol. The van der Waals surface area contributed by atoms with E-state index in [9.17, 15) is 0 Å². The topological polar surface area (TPSA) is 9.23 Å². The molecule has 0 heterocycles. The molecule has 0 saturated carbocycles. The van der Waals surface area contributed by atoms with Crippen LogP contribution in [0.3, 0.4) is 0 Å². The van der Waals surface area contributed by atoms with Crippen molar-refractivity contribution in [2.24, 2.45) is 0 Å². The van der Waals surface area contributed by atoms with E-state index in [1.807, 2.05) is 0 Å². The van der Waals surface area contributed by atoms with E-state index in [0.29, 0.717) is 0 Å². The summed E-state index contributed by atoms with van der Waals surface area (Å²) in [7, 11) is -1.27. The predicted molar refractivity (Wildman–Crippen MR) is 116 cm³/mol. The van der Waals surface area contributed by atoms with Crippen molar-refractivity contribution >= 4 is 37.9 Å². The summed E-state index contributed by atoms with van der Waals surface area (Å²) in [5.74, 6) is 0. The molecule has 0 bridgehead atoms. The van der Waals surface area contributed by atoms with Gasteiger partial charge in [-0.3, -0.25) is 0 Å². The van der Waals surface area contributed by atoms with E-state index in [0.717, 1.165) is 6.61 Å². The van der Waals surface area contributed by atoms with Crippen LogP contribution in [0.1, 0.15) is 110 Å². The average Bonchev–Trinajstić information content (AvgIpc) is 2.49. The van der Waals surface area contributed by atoms with Crippen LogP contribution in [0.25, 0.3) is 0 Å². The molecule has 0 fully saturated rings. The minimum atomic E-state index is -1.27. The Bertz CT molecular complexity index is 228. The van der Waals surface area contributed by atoms with E-state index in [1.54, 1.807) is 0 Å². The molecule has 0 spiro atoms. The Balaban J connectivity index is 0. The fourth-order valence-corrected chi connectivity index (χ4v) is 3.79. The van der Waals surface area contributed by atoms with Crippen LogP contribution in [0.2, 0.25) is 19.6 Å². The molecular weight excluding hydrogens is 319 g/mol. The zero-order valence-corrected chi connectivity index (χ0v) is 17.9. The van der Waals surface area contributed by atoms with Crippen LogP contribution in [0.15, 0.2) is 0 Å². The molecule has 0 aliphatic rings. The zero-order chi connectivity index (χ0) is 17.2. The molecule has 0 radical (unpaired) electrons. The second kappa shape index (κ2) is 20.5. The zero-order valence-electron chi connectivity index (χ0n) is 16.9. The van der Waals surface area contributed by atoms with Crippen molar-refractivity contribution in [3.05, 3.63) is 0 Å². The Kier molecular flexibility index (Phi) is 23.4. The summed E-state index contributed by atoms with van der Waals surface area (Å²) in [4.78, 5) is 0. The average molecular weight is 367 g/mol. The van der Waals surface area contributed by atoms with E-state index in [2.05, 4.69) is 26.6 Å². The summed E-state index contributed by atoms with van der Waals surface area (Å²) in [5.41, 5.74) is 0. The van der Waals surface area contributed by atoms with Crippen LogP contribution in [0.4, 0.5) is 0 Å². The van der Waals surface area contributed by atoms with Gasteiger partial charge in [-0.05, 0) is 26.1 Å². The normalized spacial score (nSPS) is 11.5. The Hall–Kier alpha value is 1.18. The van der Waals surface area contributed by atoms with Crippen molar-refractivity contribution < 1.29 is 4.43 Å². The number of hydrogen-bond donors (Lipinski definition) is 0. The maximum absolute atomic E-state index is 5.89. The second-order valence-corrected chi connectivity index (χ2v) is 12.8. The molecule has 1 nitrogen and oxygen atoms in total. The SMILES string of the molecule is CCCCCCCCCCCCCCCCCCO[Si](C)(C)C.[NaH]. The Morgan fingerprint density at radius 1 is 0.500 bits per heavy atom. The minimum absolute atomic E-state index is 0. The van der Waals surface area contributed by atoms with Crippen molar-refractivity contribution in [2.75, 3.05) is 6.61 Å². The third-order valence-corrected chi connectivity index (χ3v) is 5.60. The molecule has 0 unspecified atom stereocenters. The van der Waals surface area contributed by atoms with Crippen LogP contribution in [0, 0.1) is 0 Å². The third-order valence-electron chi connectivity index (χ3n) is 4.53. The van der Waals surface area contributed by atoms with Crippen molar-refractivity contribution in [2.45, 2.75) is 129 Å². The van der Waals surface area contributed by atoms with Gasteiger partial charge < -0.3 is 4.43 Å². The quantitative estimate of drug-likeness (QED) is 0.181. The van der Waals surface area contributed by atoms with Crippen molar-refractivity contribution in [3.8, 4) is 0 Å². The predicted octanol–water partition coefficient (Wildman–Crippen LogP) is 7.45. The molecule has 0 aromatic carbocycles. The van der Waals surface area contributed by atoms with Gasteiger partial charge in [-0.1, -0.05) is 103 Å². The first-order valence-corrected chi connectivity index (χ1v) is 14.1. The molecule has 0 amide bonds. The Morgan fingerprint density at radius 2 is 0.792 bits per heavy atom. The molecule has 0 aromatic heterocycles. The molecule has 0 aromatic rings. The number of hydrogen-bond acceptors (Lipinski definition) is 1. The van der Waals surface area contributed by atoms with Crippen LogP contribution in [-0.2, 0) is 4.43 Å². The summed E-state index contributed by atoms with van der Waals surface area (Å²) in [6.07, 6.45) is 23.0. The summed E-state index contributed by atoms with van der Waals surface area (Å²) < 4.78 is 5.89. The van der Waals surface area contributed by atoms with Gasteiger partial charge in [0.1, 0.15) is 0 Å². The Morgan fingerprint density at radius 3 is 1.08 bits per heavy atom. The molecule has 3 heteroatoms. The van der Waals surface area contributed by atoms with Gasteiger partial charge in [-0.2, -0.15) is 0 Å². The summed E-state index contributed by atoms with van der Waals surface area (Å²) in [6.45, 7) is 10.1. The van der Waals surface area contributed by atoms with Gasteiger partial charge in [0, 0.05) is 6.61 Å². The first-order chi connectivity index (χ1) is 11.1. The fourth-order valence-electron chi connectivity index (χ4n) is 3.03. The maximum atomic E-state index is 5.89. The van der Waals surface area contributed by atoms with Crippen molar-refractivity contribution in [3.63, 3.8) is 0 Å². The third kappa shape index (κ3) is 25.4. The van der Waals surface area contributed by atoms with E-state index >= 15 is 0 Å². The number of rotatable bonds is 18. The second-order valence-electron chi connectivity index (χ2n) is 8.26. The molecule has 0 aliphatic carbocycles. The summed E-state index contributed by atoms with van der Waals surface area (Å²) in [6, 6.07) is 0. The van der Waals surface area contributed by atoms with E-state index in [4.69, 9.17) is 4.43 Å². The van der Waals surface area contributed by atoms with Gasteiger partial charge in [-0.25, -0.2) is 0 Å². The first kappa shape index (κ1) is 27.4. The van der Waals surface area contributed by atoms with Crippen molar-refractivity contribution in [1.29, 1.82) is 0 Å². The standard InChI is InChI=1S/C21H46OSi.Na.H/c1-5-6-7-8-9-10-11-12-13-14-15-16-17-18-19-20-21-22-23(2,3)4;;/h5-21H2,1-4H3;;. The van der Waals surface area contributed by atoms with Gasteiger partial charge >= 0.3 is 29.6 Å². The molecule has 0 saturated heterocycles. The fraction of sp³-hybridized carbons (Fsp3) is 1.00.